The summed E-state index contributed by atoms with van der Waals surface area (Å²) in [6.07, 6.45) is 3.09. The van der Waals surface area contributed by atoms with Crippen molar-refractivity contribution >= 4 is 32.8 Å². The minimum absolute atomic E-state index is 0.0125. The highest BCUT2D eigenvalue weighted by Gasteiger charge is 2.16. The third-order valence-corrected chi connectivity index (χ3v) is 3.40. The lowest BCUT2D eigenvalue weighted by Crippen LogP contribution is -2.22. The van der Waals surface area contributed by atoms with Crippen LogP contribution in [-0.4, -0.2) is 35.8 Å². The molecule has 21 heavy (non-hydrogen) atoms. The number of aromatic nitrogens is 2. The van der Waals surface area contributed by atoms with Gasteiger partial charge in [-0.2, -0.15) is 0 Å². The molecule has 0 atom stereocenters. The number of carbonyl (C=O) groups is 1. The summed E-state index contributed by atoms with van der Waals surface area (Å²) in [5.74, 6) is -0.622. The van der Waals surface area contributed by atoms with E-state index < -0.39 is 5.97 Å². The summed E-state index contributed by atoms with van der Waals surface area (Å²) in [6.45, 7) is 2.87. The molecule has 0 fully saturated rings. The Morgan fingerprint density at radius 1 is 1.48 bits per heavy atom. The largest absolute Gasteiger partial charge is 0.462 e. The number of ether oxygens (including phenoxy) is 2. The second-order valence-electron chi connectivity index (χ2n) is 4.30. The number of hydrogen-bond donors (Lipinski definition) is 0. The van der Waals surface area contributed by atoms with Crippen LogP contribution in [0.5, 0.6) is 0 Å². The Morgan fingerprint density at radius 3 is 2.90 bits per heavy atom. The first-order valence-electron chi connectivity index (χ1n) is 6.43. The summed E-state index contributed by atoms with van der Waals surface area (Å²) in [5, 5.41) is 0.415. The number of halogens is 1. The van der Waals surface area contributed by atoms with Crippen molar-refractivity contribution in [3.05, 3.63) is 38.9 Å². The van der Waals surface area contributed by atoms with Crippen LogP contribution in [0, 0.1) is 0 Å². The minimum atomic E-state index is -0.622. The topological polar surface area (TPSA) is 70.4 Å². The van der Waals surface area contributed by atoms with Crippen molar-refractivity contribution in [1.82, 2.24) is 9.55 Å². The molecule has 2 rings (SSSR count). The Labute approximate surface area is 129 Å². The Hall–Kier alpha value is -1.73. The number of pyridine rings is 2. The van der Waals surface area contributed by atoms with Crippen LogP contribution >= 0.6 is 15.9 Å². The lowest BCUT2D eigenvalue weighted by molar-refractivity contribution is 0.0524. The van der Waals surface area contributed by atoms with E-state index in [1.54, 1.807) is 30.9 Å². The standard InChI is InChI=1S/C14H15BrN2O4/c1-3-21-14(19)10-8-17(4-5-20-2)11-7-16-12(15)6-9(11)13(10)18/h6-8H,3-5H2,1-2H3. The Kier molecular flexibility index (Phi) is 5.08. The Balaban J connectivity index is 2.67. The van der Waals surface area contributed by atoms with E-state index in [1.165, 1.54) is 6.20 Å². The van der Waals surface area contributed by atoms with E-state index in [0.717, 1.165) is 0 Å². The third-order valence-electron chi connectivity index (χ3n) is 2.96. The fourth-order valence-corrected chi connectivity index (χ4v) is 2.32. The van der Waals surface area contributed by atoms with Gasteiger partial charge in [-0.05, 0) is 28.9 Å². The molecule has 0 saturated carbocycles. The van der Waals surface area contributed by atoms with Gasteiger partial charge in [0, 0.05) is 19.9 Å². The molecule has 0 spiro atoms. The van der Waals surface area contributed by atoms with Gasteiger partial charge >= 0.3 is 5.97 Å². The van der Waals surface area contributed by atoms with Crippen molar-refractivity contribution < 1.29 is 14.3 Å². The number of rotatable bonds is 5. The van der Waals surface area contributed by atoms with Gasteiger partial charge in [-0.1, -0.05) is 0 Å². The smallest absolute Gasteiger partial charge is 0.343 e. The van der Waals surface area contributed by atoms with Gasteiger partial charge in [-0.15, -0.1) is 0 Å². The van der Waals surface area contributed by atoms with Crippen LogP contribution in [0.15, 0.2) is 27.9 Å². The molecule has 7 heteroatoms. The average Bonchev–Trinajstić information content (AvgIpc) is 2.47. The van der Waals surface area contributed by atoms with Crippen LogP contribution in [0.25, 0.3) is 10.9 Å². The molecule has 0 radical (unpaired) electrons. The molecule has 0 unspecified atom stereocenters. The second kappa shape index (κ2) is 6.82. The molecule has 0 aliphatic heterocycles. The molecule has 0 aromatic carbocycles. The summed E-state index contributed by atoms with van der Waals surface area (Å²) in [4.78, 5) is 28.5. The van der Waals surface area contributed by atoms with Crippen LogP contribution in [-0.2, 0) is 16.0 Å². The summed E-state index contributed by atoms with van der Waals surface area (Å²) in [5.41, 5.74) is 0.298. The molecule has 0 aliphatic carbocycles. The van der Waals surface area contributed by atoms with Crippen molar-refractivity contribution in [3.8, 4) is 0 Å². The van der Waals surface area contributed by atoms with E-state index in [0.29, 0.717) is 28.7 Å². The van der Waals surface area contributed by atoms with Gasteiger partial charge in [0.2, 0.25) is 5.43 Å². The lowest BCUT2D eigenvalue weighted by Gasteiger charge is -2.12. The van der Waals surface area contributed by atoms with Gasteiger partial charge in [-0.3, -0.25) is 4.79 Å². The third kappa shape index (κ3) is 3.30. The van der Waals surface area contributed by atoms with E-state index in [-0.39, 0.29) is 17.6 Å². The van der Waals surface area contributed by atoms with Gasteiger partial charge in [0.1, 0.15) is 10.2 Å². The van der Waals surface area contributed by atoms with Crippen LogP contribution in [0.2, 0.25) is 0 Å². The zero-order chi connectivity index (χ0) is 15.4. The second-order valence-corrected chi connectivity index (χ2v) is 5.12. The van der Waals surface area contributed by atoms with Gasteiger partial charge in [0.05, 0.1) is 30.3 Å². The highest BCUT2D eigenvalue weighted by Crippen LogP contribution is 2.16. The monoisotopic (exact) mass is 354 g/mol. The number of nitrogens with zero attached hydrogens (tertiary/aromatic N) is 2. The highest BCUT2D eigenvalue weighted by atomic mass is 79.9. The van der Waals surface area contributed by atoms with Crippen molar-refractivity contribution in [1.29, 1.82) is 0 Å². The van der Waals surface area contributed by atoms with Crippen molar-refractivity contribution in [3.63, 3.8) is 0 Å². The quantitative estimate of drug-likeness (QED) is 0.606. The molecule has 112 valence electrons. The van der Waals surface area contributed by atoms with Crippen LogP contribution in [0.4, 0.5) is 0 Å². The molecule has 2 aromatic heterocycles. The fourth-order valence-electron chi connectivity index (χ4n) is 1.99. The number of fused-ring (bicyclic) bond motifs is 1. The number of hydrogen-bond acceptors (Lipinski definition) is 5. The molecule has 0 N–H and O–H groups in total. The van der Waals surface area contributed by atoms with Gasteiger partial charge < -0.3 is 14.0 Å². The average molecular weight is 355 g/mol. The number of methoxy groups -OCH3 is 1. The number of esters is 1. The molecule has 0 saturated heterocycles. The summed E-state index contributed by atoms with van der Waals surface area (Å²) in [7, 11) is 1.59. The molecule has 2 heterocycles. The zero-order valence-electron chi connectivity index (χ0n) is 11.8. The Bertz CT molecular complexity index is 727. The van der Waals surface area contributed by atoms with E-state index in [1.807, 2.05) is 0 Å². The predicted octanol–water partition coefficient (Wildman–Crippen LogP) is 1.98. The first-order chi connectivity index (χ1) is 10.1. The maximum Gasteiger partial charge on any atom is 0.343 e. The van der Waals surface area contributed by atoms with E-state index in [2.05, 4.69) is 20.9 Å². The summed E-state index contributed by atoms with van der Waals surface area (Å²) in [6, 6.07) is 1.60. The Morgan fingerprint density at radius 2 is 2.24 bits per heavy atom. The first kappa shape index (κ1) is 15.7. The van der Waals surface area contributed by atoms with E-state index >= 15 is 0 Å². The lowest BCUT2D eigenvalue weighted by atomic mass is 10.1. The first-order valence-corrected chi connectivity index (χ1v) is 7.22. The molecule has 2 aromatic rings. The highest BCUT2D eigenvalue weighted by molar-refractivity contribution is 9.10. The maximum atomic E-state index is 12.4. The predicted molar refractivity (Wildman–Crippen MR) is 81.5 cm³/mol. The van der Waals surface area contributed by atoms with Crippen LogP contribution in [0.3, 0.4) is 0 Å². The summed E-state index contributed by atoms with van der Waals surface area (Å²) < 4.78 is 12.3. The van der Waals surface area contributed by atoms with Crippen molar-refractivity contribution in [2.24, 2.45) is 0 Å². The summed E-state index contributed by atoms with van der Waals surface area (Å²) >= 11 is 3.24. The van der Waals surface area contributed by atoms with Gasteiger partial charge in [-0.25, -0.2) is 9.78 Å². The molecular formula is C14H15BrN2O4. The van der Waals surface area contributed by atoms with E-state index in [4.69, 9.17) is 9.47 Å². The normalized spacial score (nSPS) is 10.8. The molecule has 0 aliphatic rings. The fraction of sp³-hybridized carbons (Fsp3) is 0.357. The molecule has 0 bridgehead atoms. The van der Waals surface area contributed by atoms with Gasteiger partial charge in [0.25, 0.3) is 0 Å². The maximum absolute atomic E-state index is 12.4. The van der Waals surface area contributed by atoms with E-state index in [9.17, 15) is 9.59 Å². The SMILES string of the molecule is CCOC(=O)c1cn(CCOC)c2cnc(Br)cc2c1=O. The van der Waals surface area contributed by atoms with Gasteiger partial charge in [0.15, 0.2) is 0 Å². The molecular weight excluding hydrogens is 340 g/mol. The zero-order valence-corrected chi connectivity index (χ0v) is 13.3. The molecule has 6 nitrogen and oxygen atoms in total. The van der Waals surface area contributed by atoms with Crippen LogP contribution < -0.4 is 5.43 Å². The van der Waals surface area contributed by atoms with Crippen molar-refractivity contribution in [2.45, 2.75) is 13.5 Å². The number of carbonyl (C=O) groups excluding carboxylic acids is 1. The molecule has 0 amide bonds. The minimum Gasteiger partial charge on any atom is -0.462 e. The van der Waals surface area contributed by atoms with Crippen molar-refractivity contribution in [2.75, 3.05) is 20.3 Å². The van der Waals surface area contributed by atoms with Crippen LogP contribution in [0.1, 0.15) is 17.3 Å².